The third-order valence-corrected chi connectivity index (χ3v) is 6.90. The summed E-state index contributed by atoms with van der Waals surface area (Å²) in [5, 5.41) is 4.32. The first-order valence-corrected chi connectivity index (χ1v) is 11.0. The largest absolute Gasteiger partial charge is 0.431 e. The van der Waals surface area contributed by atoms with E-state index in [1.165, 1.54) is 16.9 Å². The third-order valence-electron chi connectivity index (χ3n) is 5.99. The molecule has 3 aromatic rings. The summed E-state index contributed by atoms with van der Waals surface area (Å²) in [5.74, 6) is 1.02. The minimum atomic E-state index is 0.232. The molecule has 7 heteroatoms. The lowest BCUT2D eigenvalue weighted by atomic mass is 9.97. The van der Waals surface area contributed by atoms with Crippen LogP contribution >= 0.6 is 11.3 Å². The topological polar surface area (TPSA) is 67.4 Å². The van der Waals surface area contributed by atoms with Crippen LogP contribution in [-0.4, -0.2) is 38.9 Å². The Bertz CT molecular complexity index is 972. The van der Waals surface area contributed by atoms with Crippen LogP contribution in [0.1, 0.15) is 38.2 Å². The van der Waals surface area contributed by atoms with E-state index in [4.69, 9.17) is 4.74 Å². The van der Waals surface area contributed by atoms with Crippen molar-refractivity contribution in [2.45, 2.75) is 57.3 Å². The van der Waals surface area contributed by atoms with Crippen molar-refractivity contribution in [3.05, 3.63) is 48.3 Å². The molecule has 0 aliphatic carbocycles. The lowest BCUT2D eigenvalue weighted by Gasteiger charge is -2.38. The number of nitrogens with zero attached hydrogens (tertiary/aromatic N) is 3. The van der Waals surface area contributed by atoms with Gasteiger partial charge in [0, 0.05) is 37.8 Å². The average Bonchev–Trinajstić information content (AvgIpc) is 3.25. The van der Waals surface area contributed by atoms with Crippen molar-refractivity contribution in [3.8, 4) is 10.9 Å². The van der Waals surface area contributed by atoms with E-state index in [-0.39, 0.29) is 5.91 Å². The number of hydrogen-bond acceptors (Lipinski definition) is 6. The molecule has 2 aliphatic heterocycles. The number of carbonyl (C=O) groups excluding carboxylic acids is 1. The first kappa shape index (κ1) is 18.5. The fraction of sp³-hybridized carbons (Fsp3) is 0.409. The van der Waals surface area contributed by atoms with Gasteiger partial charge in [-0.1, -0.05) is 23.5 Å². The fourth-order valence-electron chi connectivity index (χ4n) is 4.70. The van der Waals surface area contributed by atoms with E-state index in [1.807, 2.05) is 18.2 Å². The van der Waals surface area contributed by atoms with Crippen LogP contribution in [0.5, 0.6) is 10.9 Å². The first-order valence-electron chi connectivity index (χ1n) is 10.2. The average molecular weight is 409 g/mol. The molecule has 1 amide bonds. The highest BCUT2D eigenvalue weighted by Gasteiger charge is 2.41. The zero-order valence-corrected chi connectivity index (χ0v) is 17.2. The van der Waals surface area contributed by atoms with Crippen LogP contribution in [0.15, 0.2) is 42.7 Å². The number of aromatic nitrogens is 2. The molecule has 0 spiro atoms. The van der Waals surface area contributed by atoms with Gasteiger partial charge in [0.15, 0.2) is 0 Å². The van der Waals surface area contributed by atoms with Crippen LogP contribution in [0.4, 0.5) is 0 Å². The van der Waals surface area contributed by atoms with Gasteiger partial charge in [0.05, 0.1) is 10.9 Å². The minimum Gasteiger partial charge on any atom is -0.431 e. The molecule has 1 aromatic carbocycles. The second kappa shape index (κ2) is 7.72. The molecule has 2 atom stereocenters. The molecule has 0 unspecified atom stereocenters. The highest BCUT2D eigenvalue weighted by molar-refractivity contribution is 7.20. The van der Waals surface area contributed by atoms with Gasteiger partial charge in [-0.3, -0.25) is 9.78 Å². The number of thiazole rings is 1. The van der Waals surface area contributed by atoms with Crippen LogP contribution in [0.3, 0.4) is 0 Å². The molecule has 2 saturated heterocycles. The number of fused-ring (bicyclic) bond motifs is 3. The van der Waals surface area contributed by atoms with E-state index < -0.39 is 0 Å². The van der Waals surface area contributed by atoms with Gasteiger partial charge in [-0.15, -0.1) is 0 Å². The zero-order chi connectivity index (χ0) is 19.8. The molecule has 1 N–H and O–H groups in total. The maximum Gasteiger partial charge on any atom is 0.279 e. The molecule has 29 heavy (non-hydrogen) atoms. The lowest BCUT2D eigenvalue weighted by molar-refractivity contribution is -0.133. The summed E-state index contributed by atoms with van der Waals surface area (Å²) >= 11 is 1.52. The Morgan fingerprint density at radius 1 is 1.21 bits per heavy atom. The van der Waals surface area contributed by atoms with E-state index >= 15 is 0 Å². The van der Waals surface area contributed by atoms with Crippen LogP contribution < -0.4 is 10.1 Å². The summed E-state index contributed by atoms with van der Waals surface area (Å²) < 4.78 is 6.98. The summed E-state index contributed by atoms with van der Waals surface area (Å²) in [6, 6.07) is 11.4. The molecular weight excluding hydrogens is 384 g/mol. The lowest BCUT2D eigenvalue weighted by Crippen LogP contribution is -2.50. The third kappa shape index (κ3) is 3.84. The molecule has 2 aromatic heterocycles. The Morgan fingerprint density at radius 2 is 1.97 bits per heavy atom. The first-order chi connectivity index (χ1) is 14.2. The molecule has 0 saturated carbocycles. The van der Waals surface area contributed by atoms with Crippen molar-refractivity contribution in [1.82, 2.24) is 20.2 Å². The maximum absolute atomic E-state index is 11.8. The van der Waals surface area contributed by atoms with Crippen molar-refractivity contribution in [2.24, 2.45) is 0 Å². The highest BCUT2D eigenvalue weighted by Crippen LogP contribution is 2.36. The maximum atomic E-state index is 11.8. The van der Waals surface area contributed by atoms with Gasteiger partial charge in [-0.05, 0) is 49.4 Å². The van der Waals surface area contributed by atoms with Crippen LogP contribution in [-0.2, 0) is 11.3 Å². The van der Waals surface area contributed by atoms with Crippen molar-refractivity contribution in [3.63, 3.8) is 0 Å². The molecule has 150 valence electrons. The molecule has 6 nitrogen and oxygen atoms in total. The van der Waals surface area contributed by atoms with E-state index in [1.54, 1.807) is 19.3 Å². The van der Waals surface area contributed by atoms with Crippen molar-refractivity contribution in [1.29, 1.82) is 0 Å². The van der Waals surface area contributed by atoms with Crippen LogP contribution in [0.25, 0.3) is 10.2 Å². The summed E-state index contributed by atoms with van der Waals surface area (Å²) in [4.78, 5) is 22.5. The molecule has 5 rings (SSSR count). The van der Waals surface area contributed by atoms with Crippen LogP contribution in [0, 0.1) is 0 Å². The van der Waals surface area contributed by atoms with Gasteiger partial charge >= 0.3 is 0 Å². The Balaban J connectivity index is 1.17. The van der Waals surface area contributed by atoms with Crippen molar-refractivity contribution >= 4 is 27.5 Å². The predicted octanol–water partition coefficient (Wildman–Crippen LogP) is 4.12. The van der Waals surface area contributed by atoms with Crippen LogP contribution in [0.2, 0.25) is 0 Å². The number of rotatable bonds is 5. The fourth-order valence-corrected chi connectivity index (χ4v) is 5.50. The Labute approximate surface area is 173 Å². The van der Waals surface area contributed by atoms with Gasteiger partial charge < -0.3 is 15.0 Å². The summed E-state index contributed by atoms with van der Waals surface area (Å²) in [6.07, 6.45) is 7.93. The number of amides is 1. The summed E-state index contributed by atoms with van der Waals surface area (Å²) in [6.45, 7) is 2.53. The van der Waals surface area contributed by atoms with Gasteiger partial charge in [0.25, 0.3) is 5.19 Å². The molecule has 4 heterocycles. The number of hydrogen-bond donors (Lipinski definition) is 1. The minimum absolute atomic E-state index is 0.232. The quantitative estimate of drug-likeness (QED) is 0.688. The Morgan fingerprint density at radius 3 is 2.66 bits per heavy atom. The number of benzene rings is 1. The standard InChI is InChI=1S/C22H24N4O2S/c1-14(27)26-17-4-5-18(26)11-16(10-17)24-12-15-2-6-19(7-3-15)28-22-25-20-13-23-9-8-21(20)29-22/h2-3,6-9,13,16-18,24H,4-5,10-12H2,1H3/t17-,18-/m0/s1. The van der Waals surface area contributed by atoms with Gasteiger partial charge in [-0.25, -0.2) is 4.98 Å². The van der Waals surface area contributed by atoms with Crippen molar-refractivity contribution < 1.29 is 9.53 Å². The SMILES string of the molecule is CC(=O)N1[C@H]2CC[C@H]1CC(NCc1ccc(Oc3nc4cnccc4s3)cc1)C2. The van der Waals surface area contributed by atoms with Gasteiger partial charge in [-0.2, -0.15) is 0 Å². The summed E-state index contributed by atoms with van der Waals surface area (Å²) in [7, 11) is 0. The number of carbonyl (C=O) groups is 1. The smallest absolute Gasteiger partial charge is 0.279 e. The molecule has 2 aliphatic rings. The van der Waals surface area contributed by atoms with Crippen molar-refractivity contribution in [2.75, 3.05) is 0 Å². The van der Waals surface area contributed by atoms with Gasteiger partial charge in [0.2, 0.25) is 5.91 Å². The molecule has 0 radical (unpaired) electrons. The Kier molecular flexibility index (Phi) is 4.93. The zero-order valence-electron chi connectivity index (χ0n) is 16.4. The number of ether oxygens (including phenoxy) is 1. The van der Waals surface area contributed by atoms with E-state index in [9.17, 15) is 4.79 Å². The summed E-state index contributed by atoms with van der Waals surface area (Å²) in [5.41, 5.74) is 2.09. The normalized spacial score (nSPS) is 23.5. The molecule has 2 bridgehead atoms. The number of nitrogens with one attached hydrogen (secondary N) is 1. The monoisotopic (exact) mass is 408 g/mol. The van der Waals surface area contributed by atoms with E-state index in [2.05, 4.69) is 32.3 Å². The number of pyridine rings is 1. The second-order valence-electron chi connectivity index (χ2n) is 7.93. The molecule has 2 fully saturated rings. The molecular formula is C22H24N4O2S. The van der Waals surface area contributed by atoms with E-state index in [0.29, 0.717) is 23.3 Å². The number of piperidine rings is 1. The highest BCUT2D eigenvalue weighted by atomic mass is 32.1. The predicted molar refractivity (Wildman–Crippen MR) is 113 cm³/mol. The van der Waals surface area contributed by atoms with E-state index in [0.717, 1.165) is 48.2 Å². The van der Waals surface area contributed by atoms with Gasteiger partial charge in [0.1, 0.15) is 11.3 Å². The Hall–Kier alpha value is -2.51. The second-order valence-corrected chi connectivity index (χ2v) is 8.92.